The predicted octanol–water partition coefficient (Wildman–Crippen LogP) is 2.70. The molecule has 0 bridgehead atoms. The van der Waals surface area contributed by atoms with E-state index in [4.69, 9.17) is 5.11 Å². The maximum atomic E-state index is 10.4. The second-order valence-electron chi connectivity index (χ2n) is 3.42. The summed E-state index contributed by atoms with van der Waals surface area (Å²) in [6, 6.07) is 0. The lowest BCUT2D eigenvalue weighted by atomic mass is 9.89. The van der Waals surface area contributed by atoms with Gasteiger partial charge in [0, 0.05) is 6.42 Å². The maximum absolute atomic E-state index is 10.4. The molecule has 2 atom stereocenters. The number of carbonyl (C=O) groups is 1. The third kappa shape index (κ3) is 4.94. The first kappa shape index (κ1) is 11.2. The molecule has 12 heavy (non-hydrogen) atoms. The normalized spacial score (nSPS) is 15.2. The standard InChI is InChI=1S/C10H18O2/c1-4-5-6-8(2)9(3)7-10(11)12/h4,8-9H,1,5-7H2,2-3H3,(H,11,12)/t8-,9+/m0/s1. The Morgan fingerprint density at radius 2 is 2.08 bits per heavy atom. The van der Waals surface area contributed by atoms with Crippen LogP contribution in [0.2, 0.25) is 0 Å². The first-order valence-electron chi connectivity index (χ1n) is 4.40. The summed E-state index contributed by atoms with van der Waals surface area (Å²) in [5.41, 5.74) is 0. The Hall–Kier alpha value is -0.790. The molecule has 0 aromatic heterocycles. The van der Waals surface area contributed by atoms with E-state index >= 15 is 0 Å². The maximum Gasteiger partial charge on any atom is 0.303 e. The molecular formula is C10H18O2. The van der Waals surface area contributed by atoms with Crippen LogP contribution in [0.5, 0.6) is 0 Å². The molecule has 0 aliphatic rings. The summed E-state index contributed by atoms with van der Waals surface area (Å²) in [4.78, 5) is 10.4. The molecule has 0 aliphatic heterocycles. The predicted molar refractivity (Wildman–Crippen MR) is 50.0 cm³/mol. The monoisotopic (exact) mass is 170 g/mol. The Balaban J connectivity index is 3.67. The van der Waals surface area contributed by atoms with Crippen LogP contribution in [0, 0.1) is 11.8 Å². The number of hydrogen-bond acceptors (Lipinski definition) is 1. The summed E-state index contributed by atoms with van der Waals surface area (Å²) in [6.07, 6.45) is 4.17. The van der Waals surface area contributed by atoms with E-state index in [1.54, 1.807) is 0 Å². The first-order valence-corrected chi connectivity index (χ1v) is 4.40. The lowest BCUT2D eigenvalue weighted by Gasteiger charge is -2.16. The minimum Gasteiger partial charge on any atom is -0.481 e. The molecule has 1 N–H and O–H groups in total. The molecule has 0 amide bonds. The van der Waals surface area contributed by atoms with Crippen LogP contribution in [-0.4, -0.2) is 11.1 Å². The molecule has 0 fully saturated rings. The third-order valence-electron chi connectivity index (χ3n) is 2.29. The highest BCUT2D eigenvalue weighted by Crippen LogP contribution is 2.19. The van der Waals surface area contributed by atoms with Gasteiger partial charge in [0.15, 0.2) is 0 Å². The average molecular weight is 170 g/mol. The Morgan fingerprint density at radius 1 is 1.50 bits per heavy atom. The van der Waals surface area contributed by atoms with E-state index in [-0.39, 0.29) is 12.3 Å². The molecule has 0 aromatic carbocycles. The lowest BCUT2D eigenvalue weighted by molar-refractivity contribution is -0.138. The van der Waals surface area contributed by atoms with Crippen molar-refractivity contribution in [3.63, 3.8) is 0 Å². The van der Waals surface area contributed by atoms with Gasteiger partial charge in [-0.15, -0.1) is 6.58 Å². The van der Waals surface area contributed by atoms with Crippen molar-refractivity contribution >= 4 is 5.97 Å². The van der Waals surface area contributed by atoms with E-state index in [9.17, 15) is 4.79 Å². The fraction of sp³-hybridized carbons (Fsp3) is 0.700. The van der Waals surface area contributed by atoms with Crippen molar-refractivity contribution < 1.29 is 9.90 Å². The minimum atomic E-state index is -0.701. The molecule has 70 valence electrons. The van der Waals surface area contributed by atoms with Crippen LogP contribution in [0.3, 0.4) is 0 Å². The van der Waals surface area contributed by atoms with Crippen molar-refractivity contribution in [2.75, 3.05) is 0 Å². The van der Waals surface area contributed by atoms with Crippen molar-refractivity contribution in [1.82, 2.24) is 0 Å². The zero-order valence-electron chi connectivity index (χ0n) is 7.92. The molecule has 0 aromatic rings. The zero-order chi connectivity index (χ0) is 9.56. The lowest BCUT2D eigenvalue weighted by Crippen LogP contribution is -2.12. The highest BCUT2D eigenvalue weighted by Gasteiger charge is 2.14. The molecule has 2 nitrogen and oxygen atoms in total. The minimum absolute atomic E-state index is 0.266. The van der Waals surface area contributed by atoms with Crippen LogP contribution in [0.25, 0.3) is 0 Å². The van der Waals surface area contributed by atoms with E-state index in [0.29, 0.717) is 5.92 Å². The molecule has 0 aliphatic carbocycles. The number of rotatable bonds is 6. The van der Waals surface area contributed by atoms with Gasteiger partial charge >= 0.3 is 5.97 Å². The van der Waals surface area contributed by atoms with Crippen LogP contribution >= 0.6 is 0 Å². The summed E-state index contributed by atoms with van der Waals surface area (Å²) in [5.74, 6) is 0.0366. The van der Waals surface area contributed by atoms with Crippen molar-refractivity contribution in [3.05, 3.63) is 12.7 Å². The van der Waals surface area contributed by atoms with Gasteiger partial charge < -0.3 is 5.11 Å². The van der Waals surface area contributed by atoms with Gasteiger partial charge in [-0.3, -0.25) is 4.79 Å². The molecule has 0 saturated carbocycles. The molecule has 0 heterocycles. The van der Waals surface area contributed by atoms with Crippen LogP contribution in [0.15, 0.2) is 12.7 Å². The highest BCUT2D eigenvalue weighted by molar-refractivity contribution is 5.66. The summed E-state index contributed by atoms with van der Waals surface area (Å²) >= 11 is 0. The van der Waals surface area contributed by atoms with E-state index in [2.05, 4.69) is 13.5 Å². The fourth-order valence-corrected chi connectivity index (χ4v) is 1.14. The molecule has 0 radical (unpaired) electrons. The second kappa shape index (κ2) is 5.81. The van der Waals surface area contributed by atoms with Gasteiger partial charge in [0.05, 0.1) is 0 Å². The summed E-state index contributed by atoms with van der Waals surface area (Å²) in [7, 11) is 0. The second-order valence-corrected chi connectivity index (χ2v) is 3.42. The molecule has 0 saturated heterocycles. The third-order valence-corrected chi connectivity index (χ3v) is 2.29. The Bertz CT molecular complexity index is 152. The Morgan fingerprint density at radius 3 is 2.50 bits per heavy atom. The van der Waals surface area contributed by atoms with Crippen molar-refractivity contribution in [2.45, 2.75) is 33.1 Å². The van der Waals surface area contributed by atoms with Crippen LogP contribution in [0.1, 0.15) is 33.1 Å². The quantitative estimate of drug-likeness (QED) is 0.622. The van der Waals surface area contributed by atoms with Gasteiger partial charge in [-0.05, 0) is 24.7 Å². The SMILES string of the molecule is C=CCC[C@H](C)[C@H](C)CC(=O)O. The zero-order valence-corrected chi connectivity index (χ0v) is 7.92. The van der Waals surface area contributed by atoms with Crippen LogP contribution in [0.4, 0.5) is 0 Å². The smallest absolute Gasteiger partial charge is 0.303 e. The number of aliphatic carboxylic acids is 1. The summed E-state index contributed by atoms with van der Waals surface area (Å²) < 4.78 is 0. The van der Waals surface area contributed by atoms with Crippen molar-refractivity contribution in [2.24, 2.45) is 11.8 Å². The van der Waals surface area contributed by atoms with Gasteiger partial charge in [0.25, 0.3) is 0 Å². The molecule has 0 rings (SSSR count). The van der Waals surface area contributed by atoms with Crippen molar-refractivity contribution in [3.8, 4) is 0 Å². The van der Waals surface area contributed by atoms with E-state index < -0.39 is 5.97 Å². The molecule has 0 unspecified atom stereocenters. The number of allylic oxidation sites excluding steroid dienone is 1. The van der Waals surface area contributed by atoms with Crippen molar-refractivity contribution in [1.29, 1.82) is 0 Å². The van der Waals surface area contributed by atoms with E-state index in [1.165, 1.54) is 0 Å². The van der Waals surface area contributed by atoms with Gasteiger partial charge in [-0.2, -0.15) is 0 Å². The summed E-state index contributed by atoms with van der Waals surface area (Å²) in [5, 5.41) is 8.54. The van der Waals surface area contributed by atoms with Crippen LogP contribution in [-0.2, 0) is 4.79 Å². The van der Waals surface area contributed by atoms with Gasteiger partial charge in [-0.25, -0.2) is 0 Å². The van der Waals surface area contributed by atoms with Gasteiger partial charge in [0.1, 0.15) is 0 Å². The first-order chi connectivity index (χ1) is 5.57. The number of hydrogen-bond donors (Lipinski definition) is 1. The Kier molecular flexibility index (Phi) is 5.43. The average Bonchev–Trinajstić information content (AvgIpc) is 1.98. The van der Waals surface area contributed by atoms with Gasteiger partial charge in [-0.1, -0.05) is 19.9 Å². The van der Waals surface area contributed by atoms with Crippen LogP contribution < -0.4 is 0 Å². The molecule has 0 spiro atoms. The highest BCUT2D eigenvalue weighted by atomic mass is 16.4. The molecule has 2 heteroatoms. The topological polar surface area (TPSA) is 37.3 Å². The van der Waals surface area contributed by atoms with E-state index in [1.807, 2.05) is 13.0 Å². The van der Waals surface area contributed by atoms with E-state index in [0.717, 1.165) is 12.8 Å². The Labute approximate surface area is 74.3 Å². The summed E-state index contributed by atoms with van der Waals surface area (Å²) in [6.45, 7) is 7.72. The van der Waals surface area contributed by atoms with Gasteiger partial charge in [0.2, 0.25) is 0 Å². The molecular weight excluding hydrogens is 152 g/mol. The number of carboxylic acid groups (broad SMARTS) is 1. The largest absolute Gasteiger partial charge is 0.481 e. The fourth-order valence-electron chi connectivity index (χ4n) is 1.14. The number of carboxylic acids is 1.